The van der Waals surface area contributed by atoms with E-state index >= 15 is 0 Å². The molecule has 0 fully saturated rings. The maximum Gasteiger partial charge on any atom is 0.0774 e. The second-order valence-corrected chi connectivity index (χ2v) is 30.1. The normalized spacial score (nSPS) is 19.7. The number of aryl methyl sites for hydroxylation is 1. The van der Waals surface area contributed by atoms with Gasteiger partial charge in [0.05, 0.1) is 50.9 Å². The molecule has 4 radical (unpaired) electrons. The number of aromatic nitrogens is 9. The summed E-state index contributed by atoms with van der Waals surface area (Å²) in [5.41, 5.74) is 4.88. The minimum absolute atomic E-state index is 0. The predicted molar refractivity (Wildman–Crippen MR) is 550 cm³/mol. The summed E-state index contributed by atoms with van der Waals surface area (Å²) < 4.78 is 455. The number of para-hydroxylation sites is 6. The van der Waals surface area contributed by atoms with Crippen LogP contribution in [-0.2, 0) is 112 Å². The Kier molecular flexibility index (Phi) is 17.3. The van der Waals surface area contributed by atoms with Crippen molar-refractivity contribution in [3.8, 4) is 62.1 Å². The summed E-state index contributed by atoms with van der Waals surface area (Å²) in [6.07, 6.45) is -0.0237. The molecule has 2 unspecified atom stereocenters. The van der Waals surface area contributed by atoms with Crippen LogP contribution in [0.1, 0.15) is 249 Å². The Hall–Kier alpha value is -11.3. The number of pyridine rings is 4. The molecule has 0 spiro atoms. The monoisotopic (exact) mass is 2530 g/mol. The van der Waals surface area contributed by atoms with Crippen LogP contribution in [0, 0.1) is 54.0 Å². The van der Waals surface area contributed by atoms with Crippen LogP contribution in [0.2, 0.25) is 0 Å². The van der Waals surface area contributed by atoms with Crippen molar-refractivity contribution in [1.29, 1.82) is 0 Å². The summed E-state index contributed by atoms with van der Waals surface area (Å²) in [5.74, 6) is -19.7. The predicted octanol–water partition coefficient (Wildman–Crippen LogP) is 31.7. The summed E-state index contributed by atoms with van der Waals surface area (Å²) in [7, 11) is -2.50. The van der Waals surface area contributed by atoms with E-state index in [1.165, 1.54) is 77.6 Å². The van der Waals surface area contributed by atoms with Crippen molar-refractivity contribution in [3.63, 3.8) is 0 Å². The molecule has 13 aromatic carbocycles. The zero-order valence-corrected chi connectivity index (χ0v) is 80.4. The second-order valence-electron chi connectivity index (χ2n) is 30.1. The van der Waals surface area contributed by atoms with Gasteiger partial charge in [0.15, 0.2) is 0 Å². The first-order valence-electron chi connectivity index (χ1n) is 69.1. The Morgan fingerprint density at radius 1 is 0.351 bits per heavy atom. The Labute approximate surface area is 924 Å². The third-order valence-electron chi connectivity index (χ3n) is 22.0. The number of hydrogen-bond acceptors (Lipinski definition) is 5. The fourth-order valence-electron chi connectivity index (χ4n) is 16.7. The van der Waals surface area contributed by atoms with E-state index in [0.29, 0.717) is 71.8 Å². The average Bonchev–Trinajstić information content (AvgIpc) is 1.05. The minimum atomic E-state index is -3.50. The van der Waals surface area contributed by atoms with Gasteiger partial charge < -0.3 is 22.8 Å². The number of rotatable bonds is 18. The van der Waals surface area contributed by atoms with Gasteiger partial charge in [-0.05, 0) is 176 Å². The summed E-state index contributed by atoms with van der Waals surface area (Å²) >= 11 is 0. The van der Waals surface area contributed by atoms with Gasteiger partial charge in [-0.15, -0.1) is 161 Å². The third-order valence-corrected chi connectivity index (χ3v) is 22.0. The quantitative estimate of drug-likeness (QED) is 0.0631. The molecule has 134 heavy (non-hydrogen) atoms. The summed E-state index contributed by atoms with van der Waals surface area (Å²) in [6, 6.07) is 96.9. The van der Waals surface area contributed by atoms with Crippen molar-refractivity contribution in [3.05, 3.63) is 391 Å². The van der Waals surface area contributed by atoms with Crippen molar-refractivity contribution >= 4 is 93.0 Å². The van der Waals surface area contributed by atoms with Gasteiger partial charge in [-0.25, -0.2) is 0 Å². The molecule has 8 heterocycles. The van der Waals surface area contributed by atoms with E-state index in [-0.39, 0.29) is 153 Å². The van der Waals surface area contributed by atoms with Crippen LogP contribution in [-0.4, -0.2) is 42.7 Å². The molecular weight excluding hydrogens is 2350 g/mol. The topological polar surface area (TPSA) is 82.6 Å². The Morgan fingerprint density at radius 3 is 1.19 bits per heavy atom. The molecule has 13 heteroatoms. The number of hydrogen-bond donors (Lipinski definition) is 0. The van der Waals surface area contributed by atoms with Gasteiger partial charge in [0.2, 0.25) is 0 Å². The smallest absolute Gasteiger partial charge is 0.0774 e. The first-order valence-corrected chi connectivity index (χ1v) is 40.9. The van der Waals surface area contributed by atoms with E-state index in [9.17, 15) is 0 Å². The molecule has 0 amide bonds. The van der Waals surface area contributed by atoms with E-state index in [2.05, 4.69) is 50.3 Å². The van der Waals surface area contributed by atoms with E-state index in [1.54, 1.807) is 135 Å². The van der Waals surface area contributed by atoms with Crippen molar-refractivity contribution in [2.75, 3.05) is 0 Å². The van der Waals surface area contributed by atoms with Crippen LogP contribution in [0.4, 0.5) is 0 Å². The Balaban J connectivity index is 0.000000208. The van der Waals surface area contributed by atoms with Gasteiger partial charge in [-0.2, -0.15) is 0 Å². The van der Waals surface area contributed by atoms with E-state index in [4.69, 9.17) is 81.7 Å². The molecule has 21 aromatic rings. The molecule has 2 atom stereocenters. The van der Waals surface area contributed by atoms with Crippen LogP contribution < -0.4 is 0 Å². The standard InChI is InChI=1S/2C29H29N2.C27H25N2.C24H23N2.C11H8N.CH4.4Ir/c2*1-19(2)16-21-10-9-11-22(17-20(3)4)28(21)27-18-30-29-25-14-6-5-12-23(25)24-13-7-8-15-26(24)31(27)29;1-17(2)19-13-9-14-20(18(3)4)26(19)25-16-28-27-23-12-6-5-10-21(23)22-11-7-8-15-24(22)29(25)27;1-4-18-13-10-14-20(17(2)3)23(18)26-22-16-9-8-15-21(22)25-24(26)19-11-6-5-7-12-19;1-2-6-10(7-3-1)11-8-4-5-9-12-11;;;;;/h2*5-13,15,18-20H,16-17H2,1-4H3;5-11,13-18H,1-4H3;5-11,13-17H,4H2,1-3H3;1-6,8-9H;1H4;;;;/q5*-1;;;;;/i1D3,2D3,3D3,4D3,19D,20D;1D3,2D3,3D3,4D3,16D,17D;1D3,2D3,3D3,4D3,17D,18D;1D3,2D3,3D3,17D;;1D4;;;;. The fourth-order valence-corrected chi connectivity index (χ4v) is 16.7. The molecule has 8 aromatic heterocycles. The van der Waals surface area contributed by atoms with Crippen LogP contribution in [0.3, 0.4) is 0 Å². The molecule has 0 saturated carbocycles. The molecule has 0 N–H and O–H groups in total. The second kappa shape index (κ2) is 45.8. The average molecular weight is 2520 g/mol. The largest absolute Gasteiger partial charge is 0.333 e. The maximum absolute atomic E-state index is 9.08. The van der Waals surface area contributed by atoms with E-state index < -0.39 is 200 Å². The van der Waals surface area contributed by atoms with Crippen LogP contribution in [0.25, 0.3) is 155 Å². The fraction of sp³-hybridized carbons (Fsp3) is 0.231. The molecular formula is C121H118Ir4N9-5. The molecule has 0 saturated heterocycles. The molecule has 0 aliphatic rings. The molecule has 21 rings (SSSR count). The molecule has 688 valence electrons. The van der Waals surface area contributed by atoms with Crippen molar-refractivity contribution in [2.45, 2.75) is 160 Å². The summed E-state index contributed by atoms with van der Waals surface area (Å²) in [4.78, 5) is 22.7. The van der Waals surface area contributed by atoms with Crippen LogP contribution in [0.5, 0.6) is 0 Å². The third kappa shape index (κ3) is 21.0. The first-order chi connectivity index (χ1) is 85.7. The van der Waals surface area contributed by atoms with Gasteiger partial charge >= 0.3 is 0 Å². The van der Waals surface area contributed by atoms with Crippen LogP contribution in [0.15, 0.2) is 316 Å². The zero-order valence-electron chi connectivity index (χ0n) is 127. The van der Waals surface area contributed by atoms with E-state index in [0.717, 1.165) is 56.4 Å². The maximum atomic E-state index is 9.08. The summed E-state index contributed by atoms with van der Waals surface area (Å²) in [6.45, 7) is -48.4. The van der Waals surface area contributed by atoms with Crippen molar-refractivity contribution in [1.82, 2.24) is 42.7 Å². The number of fused-ring (bicyclic) bond motifs is 19. The molecule has 9 nitrogen and oxygen atoms in total. The van der Waals surface area contributed by atoms with Gasteiger partial charge in [0.1, 0.15) is 0 Å². The number of nitrogens with zero attached hydrogens (tertiary/aromatic N) is 9. The molecule has 0 aliphatic carbocycles. The van der Waals surface area contributed by atoms with E-state index in [1.807, 2.05) is 103 Å². The molecule has 0 aliphatic heterocycles. The van der Waals surface area contributed by atoms with Gasteiger partial charge in [-0.3, -0.25) is 19.9 Å². The zero-order chi connectivity index (χ0) is 138. The van der Waals surface area contributed by atoms with Gasteiger partial charge in [-0.1, -0.05) is 278 Å². The first kappa shape index (κ1) is 50.5. The Bertz CT molecular complexity index is 9650. The number of imidazole rings is 4. The van der Waals surface area contributed by atoms with Gasteiger partial charge in [0.25, 0.3) is 0 Å². The van der Waals surface area contributed by atoms with Crippen molar-refractivity contribution < 1.29 is 157 Å². The van der Waals surface area contributed by atoms with Crippen molar-refractivity contribution in [2.24, 2.45) is 23.6 Å². The minimum Gasteiger partial charge on any atom is -0.333 e. The van der Waals surface area contributed by atoms with Crippen LogP contribution >= 0.6 is 0 Å². The van der Waals surface area contributed by atoms with Gasteiger partial charge in [0, 0.05) is 221 Å². The molecule has 0 bridgehead atoms. The Morgan fingerprint density at radius 2 is 0.739 bits per heavy atom. The SMILES string of the molecule is [2H]C([2H])([2H])C([2H])(Cc1cccc(CC([2H])(C([2H])([2H])[2H])C([2H])([2H])[2H])c1-c1cnc2c3[c-]cccc3c3ccccc3n12)C([2H])([2H])[2H].[2H]C([2H])([2H])C([2H])(c1cccc(C([2H])(C([2H])([2H])[2H])C([2H])([2H])[2H])c1-c1cnc2c3[c-]cccc3c3ccccc3n12)C([2H])([2H])[2H].[2H]C([2H])([2H])Cc1cccc(C([2H])(C([2H])([2H])[2H])C([2H])([2H])[2H])c1-n1c(-c2[c-]cccc2)nc2ccccc21.[2H]C([2H])([2H])[2H].[2H]C(c1cccc(C([2H])C(C([2H])([2H])[2H])C([2H])([2H])[2H])c1-c1cnc2c3[c-]cccc3c3ccccc3n12)C(C([2H])([2H])[2H])C([2H])([2H])[2H].[Ir].[Ir].[Ir].[Ir].[c-]1ccccc1-c1ccccn1. The summed E-state index contributed by atoms with van der Waals surface area (Å²) in [5, 5.41) is 6.50. The number of benzene rings is 13.